The largest absolute Gasteiger partial charge is 0.336 e. The van der Waals surface area contributed by atoms with Crippen LogP contribution >= 0.6 is 27.5 Å². The van der Waals surface area contributed by atoms with Gasteiger partial charge in [0.05, 0.1) is 5.56 Å². The minimum Gasteiger partial charge on any atom is -0.336 e. The van der Waals surface area contributed by atoms with Crippen molar-refractivity contribution >= 4 is 33.4 Å². The molecule has 1 aliphatic heterocycles. The molecular weight excluding hydrogens is 316 g/mol. The molecule has 0 aromatic heterocycles. The molecular formula is C13H16BrClN2O. The Hall–Kier alpha value is -0.580. The third-order valence-corrected chi connectivity index (χ3v) is 4.26. The third kappa shape index (κ3) is 2.87. The number of halogens is 2. The second-order valence-corrected chi connectivity index (χ2v) is 6.05. The summed E-state index contributed by atoms with van der Waals surface area (Å²) in [6.07, 6.45) is 1.71. The highest BCUT2D eigenvalue weighted by Crippen LogP contribution is 2.25. The molecule has 2 rings (SSSR count). The number of piperidine rings is 1. The topological polar surface area (TPSA) is 46.3 Å². The van der Waals surface area contributed by atoms with Crippen LogP contribution in [-0.2, 0) is 0 Å². The van der Waals surface area contributed by atoms with E-state index in [1.54, 1.807) is 18.2 Å². The number of carbonyl (C=O) groups is 1. The van der Waals surface area contributed by atoms with Crippen LogP contribution in [0.2, 0.25) is 5.02 Å². The number of nitrogens with zero attached hydrogens (tertiary/aromatic N) is 1. The van der Waals surface area contributed by atoms with Crippen LogP contribution < -0.4 is 5.73 Å². The van der Waals surface area contributed by atoms with E-state index >= 15 is 0 Å². The summed E-state index contributed by atoms with van der Waals surface area (Å²) in [4.78, 5) is 14.4. The van der Waals surface area contributed by atoms with E-state index in [4.69, 9.17) is 17.3 Å². The molecule has 0 radical (unpaired) electrons. The van der Waals surface area contributed by atoms with Crippen LogP contribution in [0.5, 0.6) is 0 Å². The van der Waals surface area contributed by atoms with Crippen LogP contribution in [0, 0.1) is 0 Å². The van der Waals surface area contributed by atoms with E-state index in [1.807, 2.05) is 11.8 Å². The highest BCUT2D eigenvalue weighted by atomic mass is 79.9. The molecule has 1 aromatic carbocycles. The molecule has 1 aromatic rings. The first-order valence-electron chi connectivity index (χ1n) is 6.00. The first-order valence-corrected chi connectivity index (χ1v) is 7.17. The van der Waals surface area contributed by atoms with Gasteiger partial charge in [0.2, 0.25) is 0 Å². The van der Waals surface area contributed by atoms with E-state index in [0.29, 0.717) is 17.1 Å². The molecule has 1 heterocycles. The molecule has 98 valence electrons. The molecule has 0 spiro atoms. The molecule has 0 saturated carbocycles. The zero-order valence-corrected chi connectivity index (χ0v) is 12.5. The number of benzene rings is 1. The minimum atomic E-state index is 0.0174. The first-order chi connectivity index (χ1) is 8.49. The lowest BCUT2D eigenvalue weighted by atomic mass is 9.98. The standard InChI is InChI=1S/C13H16BrClN2O/c1-8-6-10(16)4-5-17(8)13(18)11-7-9(15)2-3-12(11)14/h2-3,7-8,10H,4-6,16H2,1H3/t8-,10+/m1/s1. The summed E-state index contributed by atoms with van der Waals surface area (Å²) in [6, 6.07) is 5.64. The SMILES string of the molecule is C[C@@H]1C[C@@H](N)CCN1C(=O)c1cc(Cl)ccc1Br. The summed E-state index contributed by atoms with van der Waals surface area (Å²) in [5.74, 6) is 0.0174. The Labute approximate surface area is 120 Å². The lowest BCUT2D eigenvalue weighted by Gasteiger charge is -2.36. The van der Waals surface area contributed by atoms with Crippen LogP contribution in [0.25, 0.3) is 0 Å². The second-order valence-electron chi connectivity index (χ2n) is 4.76. The predicted molar refractivity (Wildman–Crippen MR) is 76.9 cm³/mol. The average Bonchev–Trinajstić information content (AvgIpc) is 2.31. The van der Waals surface area contributed by atoms with E-state index in [1.165, 1.54) is 0 Å². The zero-order chi connectivity index (χ0) is 13.3. The summed E-state index contributed by atoms with van der Waals surface area (Å²) in [5.41, 5.74) is 6.53. The van der Waals surface area contributed by atoms with E-state index < -0.39 is 0 Å². The van der Waals surface area contributed by atoms with Crippen molar-refractivity contribution in [2.45, 2.75) is 31.8 Å². The lowest BCUT2D eigenvalue weighted by molar-refractivity contribution is 0.0618. The van der Waals surface area contributed by atoms with Crippen molar-refractivity contribution in [1.82, 2.24) is 4.90 Å². The smallest absolute Gasteiger partial charge is 0.255 e. The highest BCUT2D eigenvalue weighted by molar-refractivity contribution is 9.10. The lowest BCUT2D eigenvalue weighted by Crippen LogP contribution is -2.48. The van der Waals surface area contributed by atoms with E-state index in [2.05, 4.69) is 15.9 Å². The number of nitrogens with two attached hydrogens (primary N) is 1. The average molecular weight is 332 g/mol. The van der Waals surface area contributed by atoms with Gasteiger partial charge >= 0.3 is 0 Å². The van der Waals surface area contributed by atoms with Gasteiger partial charge in [0.15, 0.2) is 0 Å². The van der Waals surface area contributed by atoms with Gasteiger partial charge in [-0.3, -0.25) is 4.79 Å². The Morgan fingerprint density at radius 2 is 2.28 bits per heavy atom. The quantitative estimate of drug-likeness (QED) is 0.859. The van der Waals surface area contributed by atoms with Gasteiger partial charge < -0.3 is 10.6 Å². The van der Waals surface area contributed by atoms with Crippen LogP contribution in [0.15, 0.2) is 22.7 Å². The Kier molecular flexibility index (Phi) is 4.30. The molecule has 3 nitrogen and oxygen atoms in total. The minimum absolute atomic E-state index is 0.0174. The van der Waals surface area contributed by atoms with Crippen molar-refractivity contribution < 1.29 is 4.79 Å². The Bertz CT molecular complexity index is 466. The Morgan fingerprint density at radius 3 is 2.94 bits per heavy atom. The van der Waals surface area contributed by atoms with Gasteiger partial charge in [-0.05, 0) is 53.9 Å². The number of amides is 1. The molecule has 5 heteroatoms. The summed E-state index contributed by atoms with van der Waals surface area (Å²) < 4.78 is 0.777. The first kappa shape index (κ1) is 13.8. The normalized spacial score (nSPS) is 24.1. The van der Waals surface area contributed by atoms with Crippen molar-refractivity contribution in [3.05, 3.63) is 33.3 Å². The van der Waals surface area contributed by atoms with Gasteiger partial charge in [0.1, 0.15) is 0 Å². The fourth-order valence-electron chi connectivity index (χ4n) is 2.33. The van der Waals surface area contributed by atoms with Gasteiger partial charge in [-0.1, -0.05) is 11.6 Å². The van der Waals surface area contributed by atoms with Crippen molar-refractivity contribution in [2.75, 3.05) is 6.54 Å². The zero-order valence-electron chi connectivity index (χ0n) is 10.2. The Balaban J connectivity index is 2.23. The van der Waals surface area contributed by atoms with Crippen LogP contribution in [0.4, 0.5) is 0 Å². The van der Waals surface area contributed by atoms with Crippen LogP contribution in [0.3, 0.4) is 0 Å². The van der Waals surface area contributed by atoms with Crippen molar-refractivity contribution in [3.8, 4) is 0 Å². The molecule has 2 atom stereocenters. The summed E-state index contributed by atoms with van der Waals surface area (Å²) in [7, 11) is 0. The van der Waals surface area contributed by atoms with E-state index in [-0.39, 0.29) is 18.0 Å². The number of hydrogen-bond acceptors (Lipinski definition) is 2. The van der Waals surface area contributed by atoms with Crippen molar-refractivity contribution in [1.29, 1.82) is 0 Å². The molecule has 1 saturated heterocycles. The maximum atomic E-state index is 12.5. The number of rotatable bonds is 1. The number of carbonyl (C=O) groups excluding carboxylic acids is 1. The molecule has 1 fully saturated rings. The fraction of sp³-hybridized carbons (Fsp3) is 0.462. The van der Waals surface area contributed by atoms with Gasteiger partial charge in [-0.2, -0.15) is 0 Å². The maximum absolute atomic E-state index is 12.5. The maximum Gasteiger partial charge on any atom is 0.255 e. The van der Waals surface area contributed by atoms with Gasteiger partial charge in [0, 0.05) is 28.1 Å². The van der Waals surface area contributed by atoms with Gasteiger partial charge in [-0.15, -0.1) is 0 Å². The monoisotopic (exact) mass is 330 g/mol. The van der Waals surface area contributed by atoms with Crippen molar-refractivity contribution in [3.63, 3.8) is 0 Å². The third-order valence-electron chi connectivity index (χ3n) is 3.34. The molecule has 0 bridgehead atoms. The van der Waals surface area contributed by atoms with E-state index in [0.717, 1.165) is 17.3 Å². The molecule has 0 unspecified atom stereocenters. The summed E-state index contributed by atoms with van der Waals surface area (Å²) in [6.45, 7) is 2.75. The van der Waals surface area contributed by atoms with Crippen LogP contribution in [0.1, 0.15) is 30.1 Å². The van der Waals surface area contributed by atoms with Crippen molar-refractivity contribution in [2.24, 2.45) is 5.73 Å². The number of hydrogen-bond donors (Lipinski definition) is 1. The summed E-state index contributed by atoms with van der Waals surface area (Å²) >= 11 is 9.35. The highest BCUT2D eigenvalue weighted by Gasteiger charge is 2.28. The Morgan fingerprint density at radius 1 is 1.56 bits per heavy atom. The predicted octanol–water partition coefficient (Wildman–Crippen LogP) is 3.05. The number of likely N-dealkylation sites (tertiary alicyclic amines) is 1. The van der Waals surface area contributed by atoms with Gasteiger partial charge in [0.25, 0.3) is 5.91 Å². The summed E-state index contributed by atoms with van der Waals surface area (Å²) in [5, 5.41) is 0.572. The van der Waals surface area contributed by atoms with Crippen LogP contribution in [-0.4, -0.2) is 29.4 Å². The fourth-order valence-corrected chi connectivity index (χ4v) is 2.91. The molecule has 2 N–H and O–H groups in total. The second kappa shape index (κ2) is 5.59. The van der Waals surface area contributed by atoms with Gasteiger partial charge in [-0.25, -0.2) is 0 Å². The molecule has 1 aliphatic rings. The molecule has 1 amide bonds. The molecule has 18 heavy (non-hydrogen) atoms. The molecule has 0 aliphatic carbocycles. The van der Waals surface area contributed by atoms with E-state index in [9.17, 15) is 4.79 Å².